The van der Waals surface area contributed by atoms with E-state index in [1.165, 1.54) is 12.1 Å². The molecule has 0 bridgehead atoms. The number of hydrogen-bond acceptors (Lipinski definition) is 6. The Kier molecular flexibility index (Phi) is 3.44. The van der Waals surface area contributed by atoms with E-state index >= 15 is 0 Å². The highest BCUT2D eigenvalue weighted by atomic mass is 32.2. The number of carbonyl (C=O) groups excluding carboxylic acids is 1. The first-order valence-corrected chi connectivity index (χ1v) is 9.06. The molecular formula is C11H10N2O4S3. The lowest BCUT2D eigenvalue weighted by molar-refractivity contribution is -0.111. The second-order valence-electron chi connectivity index (χ2n) is 4.30. The Morgan fingerprint density at radius 3 is 2.80 bits per heavy atom. The first-order valence-electron chi connectivity index (χ1n) is 5.77. The van der Waals surface area contributed by atoms with Crippen LogP contribution in [-0.4, -0.2) is 30.3 Å². The summed E-state index contributed by atoms with van der Waals surface area (Å²) in [5.74, 6) is 0.628. The van der Waals surface area contributed by atoms with E-state index in [1.54, 1.807) is 6.07 Å². The van der Waals surface area contributed by atoms with Crippen molar-refractivity contribution in [2.24, 2.45) is 0 Å². The third-order valence-electron chi connectivity index (χ3n) is 2.93. The first kappa shape index (κ1) is 13.8. The van der Waals surface area contributed by atoms with Crippen molar-refractivity contribution in [2.75, 3.05) is 5.75 Å². The summed E-state index contributed by atoms with van der Waals surface area (Å²) < 4.78 is 27.5. The monoisotopic (exact) mass is 330 g/mol. The van der Waals surface area contributed by atoms with Crippen LogP contribution >= 0.6 is 23.1 Å². The van der Waals surface area contributed by atoms with Crippen LogP contribution in [0, 0.1) is 0 Å². The topological polar surface area (TPSA) is 96.1 Å². The quantitative estimate of drug-likeness (QED) is 0.872. The molecule has 0 radical (unpaired) electrons. The molecular weight excluding hydrogens is 320 g/mol. The van der Waals surface area contributed by atoms with Crippen molar-refractivity contribution >= 4 is 48.5 Å². The average Bonchev–Trinajstić information content (AvgIpc) is 2.93. The SMILES string of the molecule is O=C1SCC[C@H]1NS(=O)(=O)c1ccc2sc(=O)[nH]c2c1. The van der Waals surface area contributed by atoms with E-state index < -0.39 is 16.1 Å². The van der Waals surface area contributed by atoms with E-state index in [-0.39, 0.29) is 14.9 Å². The van der Waals surface area contributed by atoms with Crippen LogP contribution in [0.5, 0.6) is 0 Å². The molecule has 3 rings (SSSR count). The fraction of sp³-hybridized carbons (Fsp3) is 0.273. The van der Waals surface area contributed by atoms with Gasteiger partial charge < -0.3 is 4.98 Å². The number of nitrogens with one attached hydrogen (secondary N) is 2. The van der Waals surface area contributed by atoms with Gasteiger partial charge in [0.05, 0.1) is 21.2 Å². The molecule has 9 heteroatoms. The molecule has 1 aliphatic heterocycles. The minimum Gasteiger partial charge on any atom is -0.312 e. The molecule has 20 heavy (non-hydrogen) atoms. The number of hydrogen-bond donors (Lipinski definition) is 2. The summed E-state index contributed by atoms with van der Waals surface area (Å²) in [4.78, 5) is 25.1. The summed E-state index contributed by atoms with van der Waals surface area (Å²) >= 11 is 2.16. The van der Waals surface area contributed by atoms with Crippen LogP contribution in [0.3, 0.4) is 0 Å². The summed E-state index contributed by atoms with van der Waals surface area (Å²) in [6.45, 7) is 0. The summed E-state index contributed by atoms with van der Waals surface area (Å²) in [6, 6.07) is 3.75. The highest BCUT2D eigenvalue weighted by molar-refractivity contribution is 8.14. The van der Waals surface area contributed by atoms with Gasteiger partial charge in [-0.05, 0) is 24.6 Å². The van der Waals surface area contributed by atoms with Crippen LogP contribution in [0.2, 0.25) is 0 Å². The fourth-order valence-corrected chi connectivity index (χ4v) is 4.94. The van der Waals surface area contributed by atoms with Crippen molar-refractivity contribution in [3.63, 3.8) is 0 Å². The zero-order chi connectivity index (χ0) is 14.3. The van der Waals surface area contributed by atoms with Gasteiger partial charge in [0.25, 0.3) is 0 Å². The van der Waals surface area contributed by atoms with Crippen molar-refractivity contribution in [3.8, 4) is 0 Å². The molecule has 6 nitrogen and oxygen atoms in total. The van der Waals surface area contributed by atoms with E-state index in [9.17, 15) is 18.0 Å². The third kappa shape index (κ3) is 2.53. The highest BCUT2D eigenvalue weighted by Crippen LogP contribution is 2.23. The molecule has 0 spiro atoms. The number of thioether (sulfide) groups is 1. The number of H-pyrrole nitrogens is 1. The van der Waals surface area contributed by atoms with Gasteiger partial charge in [-0.15, -0.1) is 0 Å². The minimum absolute atomic E-state index is 0.0451. The Morgan fingerprint density at radius 2 is 2.10 bits per heavy atom. The van der Waals surface area contributed by atoms with E-state index in [0.717, 1.165) is 23.1 Å². The second-order valence-corrected chi connectivity index (χ2v) is 8.13. The van der Waals surface area contributed by atoms with Gasteiger partial charge in [-0.1, -0.05) is 23.1 Å². The molecule has 1 fully saturated rings. The molecule has 1 saturated heterocycles. The summed E-state index contributed by atoms with van der Waals surface area (Å²) in [6.07, 6.45) is 0.500. The Labute approximate surface area is 122 Å². The molecule has 1 aliphatic rings. The summed E-state index contributed by atoms with van der Waals surface area (Å²) in [5.41, 5.74) is 0.481. The molecule has 0 saturated carbocycles. The highest BCUT2D eigenvalue weighted by Gasteiger charge is 2.30. The van der Waals surface area contributed by atoms with Gasteiger partial charge in [-0.2, -0.15) is 4.72 Å². The van der Waals surface area contributed by atoms with E-state index in [1.807, 2.05) is 0 Å². The molecule has 1 atom stereocenters. The number of benzene rings is 1. The van der Waals surface area contributed by atoms with Crippen molar-refractivity contribution in [1.82, 2.24) is 9.71 Å². The summed E-state index contributed by atoms with van der Waals surface area (Å²) in [5, 5.41) is -0.154. The zero-order valence-electron chi connectivity index (χ0n) is 10.1. The molecule has 1 aromatic heterocycles. The Morgan fingerprint density at radius 1 is 1.30 bits per heavy atom. The lowest BCUT2D eigenvalue weighted by atomic mass is 10.3. The molecule has 2 heterocycles. The number of rotatable bonds is 3. The predicted octanol–water partition coefficient (Wildman–Crippen LogP) is 0.900. The van der Waals surface area contributed by atoms with Crippen molar-refractivity contribution < 1.29 is 13.2 Å². The number of thiazole rings is 1. The Balaban J connectivity index is 1.95. The lowest BCUT2D eigenvalue weighted by Crippen LogP contribution is -2.37. The first-order chi connectivity index (χ1) is 9.45. The molecule has 1 aromatic carbocycles. The van der Waals surface area contributed by atoms with Crippen LogP contribution in [0.15, 0.2) is 27.9 Å². The second kappa shape index (κ2) is 4.99. The van der Waals surface area contributed by atoms with Gasteiger partial charge in [0.1, 0.15) is 0 Å². The number of fused-ring (bicyclic) bond motifs is 1. The number of sulfonamides is 1. The average molecular weight is 330 g/mol. The Bertz CT molecular complexity index is 837. The predicted molar refractivity (Wildman–Crippen MR) is 78.6 cm³/mol. The largest absolute Gasteiger partial charge is 0.312 e. The van der Waals surface area contributed by atoms with Crippen LogP contribution in [0.1, 0.15) is 6.42 Å². The van der Waals surface area contributed by atoms with Gasteiger partial charge >= 0.3 is 4.87 Å². The molecule has 2 aromatic rings. The van der Waals surface area contributed by atoms with E-state index in [4.69, 9.17) is 0 Å². The van der Waals surface area contributed by atoms with Crippen LogP contribution in [-0.2, 0) is 14.8 Å². The van der Waals surface area contributed by atoms with Crippen LogP contribution in [0.25, 0.3) is 10.2 Å². The fourth-order valence-electron chi connectivity index (χ4n) is 1.96. The van der Waals surface area contributed by atoms with Crippen LogP contribution in [0.4, 0.5) is 0 Å². The normalized spacial score (nSPS) is 19.8. The van der Waals surface area contributed by atoms with Gasteiger partial charge in [-0.3, -0.25) is 9.59 Å². The lowest BCUT2D eigenvalue weighted by Gasteiger charge is -2.10. The number of aromatic nitrogens is 1. The Hall–Kier alpha value is -1.16. The van der Waals surface area contributed by atoms with Crippen molar-refractivity contribution in [3.05, 3.63) is 27.9 Å². The smallest absolute Gasteiger partial charge is 0.305 e. The number of carbonyl (C=O) groups is 1. The van der Waals surface area contributed by atoms with Crippen LogP contribution < -0.4 is 9.60 Å². The van der Waals surface area contributed by atoms with Gasteiger partial charge in [-0.25, -0.2) is 8.42 Å². The molecule has 0 unspecified atom stereocenters. The summed E-state index contributed by atoms with van der Waals surface area (Å²) in [7, 11) is -3.76. The molecule has 0 amide bonds. The maximum Gasteiger partial charge on any atom is 0.305 e. The maximum atomic E-state index is 12.2. The third-order valence-corrected chi connectivity index (χ3v) is 6.28. The zero-order valence-corrected chi connectivity index (χ0v) is 12.5. The van der Waals surface area contributed by atoms with E-state index in [2.05, 4.69) is 9.71 Å². The molecule has 106 valence electrons. The number of aromatic amines is 1. The van der Waals surface area contributed by atoms with Gasteiger partial charge in [0.2, 0.25) is 15.1 Å². The van der Waals surface area contributed by atoms with Gasteiger partial charge in [0, 0.05) is 5.75 Å². The van der Waals surface area contributed by atoms with Crippen molar-refractivity contribution in [2.45, 2.75) is 17.4 Å². The standard InChI is InChI=1S/C11H10N2O4S3/c14-10-7(3-4-18-10)13-20(16,17)6-1-2-9-8(5-6)12-11(15)19-9/h1-2,5,7,13H,3-4H2,(H,12,15)/t7-/m1/s1. The van der Waals surface area contributed by atoms with Crippen molar-refractivity contribution in [1.29, 1.82) is 0 Å². The maximum absolute atomic E-state index is 12.2. The molecule has 0 aliphatic carbocycles. The van der Waals surface area contributed by atoms with E-state index in [0.29, 0.717) is 22.4 Å². The minimum atomic E-state index is -3.76. The van der Waals surface area contributed by atoms with Gasteiger partial charge in [0.15, 0.2) is 0 Å². The molecule has 2 N–H and O–H groups in total.